The van der Waals surface area contributed by atoms with E-state index in [1.54, 1.807) is 15.7 Å². The van der Waals surface area contributed by atoms with Gasteiger partial charge in [0.05, 0.1) is 11.9 Å². The van der Waals surface area contributed by atoms with E-state index in [1.807, 2.05) is 49.9 Å². The van der Waals surface area contributed by atoms with E-state index in [4.69, 9.17) is 9.47 Å². The first-order valence-electron chi connectivity index (χ1n) is 13.9. The molecule has 9 nitrogen and oxygen atoms in total. The first-order chi connectivity index (χ1) is 17.7. The van der Waals surface area contributed by atoms with E-state index in [9.17, 15) is 9.59 Å². The zero-order valence-electron chi connectivity index (χ0n) is 22.4. The van der Waals surface area contributed by atoms with Crippen molar-refractivity contribution in [3.05, 3.63) is 41.2 Å². The van der Waals surface area contributed by atoms with Crippen LogP contribution in [0.3, 0.4) is 0 Å². The van der Waals surface area contributed by atoms with E-state index in [2.05, 4.69) is 10.3 Å². The Labute approximate surface area is 219 Å². The van der Waals surface area contributed by atoms with Crippen LogP contribution in [0.2, 0.25) is 0 Å². The summed E-state index contributed by atoms with van der Waals surface area (Å²) in [7, 11) is 0. The molecular weight excluding hydrogens is 470 g/mol. The van der Waals surface area contributed by atoms with Crippen molar-refractivity contribution < 1.29 is 14.3 Å². The van der Waals surface area contributed by atoms with Crippen LogP contribution in [0.15, 0.2) is 35.5 Å². The third-order valence-electron chi connectivity index (χ3n) is 7.79. The SMILES string of the molecule is CC(C)(C)OC(=O)N1CCC(NC2CCC(n3ccn(-c4ccc(OC5CCCC5)nc4)c3=O)CC2)C1. The molecular formula is C28H41N5O4. The van der Waals surface area contributed by atoms with Gasteiger partial charge in [0.2, 0.25) is 5.88 Å². The van der Waals surface area contributed by atoms with Crippen LogP contribution >= 0.6 is 0 Å². The molecule has 9 heteroatoms. The second kappa shape index (κ2) is 10.9. The number of imidazole rings is 1. The Hall–Kier alpha value is -2.81. The summed E-state index contributed by atoms with van der Waals surface area (Å²) in [4.78, 5) is 31.8. The first-order valence-corrected chi connectivity index (χ1v) is 13.9. The topological polar surface area (TPSA) is 90.6 Å². The lowest BCUT2D eigenvalue weighted by atomic mass is 9.90. The molecule has 0 bridgehead atoms. The smallest absolute Gasteiger partial charge is 0.410 e. The lowest BCUT2D eigenvalue weighted by Gasteiger charge is -2.31. The number of carbonyl (C=O) groups excluding carboxylic acids is 1. The average Bonchev–Trinajstić information content (AvgIpc) is 3.61. The summed E-state index contributed by atoms with van der Waals surface area (Å²) >= 11 is 0. The van der Waals surface area contributed by atoms with E-state index in [1.165, 1.54) is 12.8 Å². The number of nitrogens with one attached hydrogen (secondary N) is 1. The van der Waals surface area contributed by atoms with Crippen molar-refractivity contribution in [2.45, 2.75) is 108 Å². The number of amides is 1. The van der Waals surface area contributed by atoms with Crippen molar-refractivity contribution in [1.29, 1.82) is 0 Å². The third-order valence-corrected chi connectivity index (χ3v) is 7.79. The molecule has 1 aliphatic heterocycles. The molecule has 2 aromatic rings. The van der Waals surface area contributed by atoms with Gasteiger partial charge in [-0.25, -0.2) is 14.6 Å². The Morgan fingerprint density at radius 2 is 1.76 bits per heavy atom. The molecule has 0 radical (unpaired) electrons. The van der Waals surface area contributed by atoms with E-state index in [0.29, 0.717) is 24.5 Å². The van der Waals surface area contributed by atoms with E-state index in [-0.39, 0.29) is 23.9 Å². The Morgan fingerprint density at radius 1 is 1.00 bits per heavy atom. The zero-order valence-corrected chi connectivity index (χ0v) is 22.4. The molecule has 1 atom stereocenters. The van der Waals surface area contributed by atoms with Gasteiger partial charge in [-0.1, -0.05) is 0 Å². The molecule has 1 unspecified atom stereocenters. The average molecular weight is 512 g/mol. The molecule has 2 aliphatic carbocycles. The van der Waals surface area contributed by atoms with Crippen molar-refractivity contribution >= 4 is 6.09 Å². The number of rotatable bonds is 6. The molecule has 1 amide bonds. The molecule has 5 rings (SSSR count). The fraction of sp³-hybridized carbons (Fsp3) is 0.679. The number of hydrogen-bond acceptors (Lipinski definition) is 6. The minimum Gasteiger partial charge on any atom is -0.474 e. The van der Waals surface area contributed by atoms with Crippen molar-refractivity contribution in [1.82, 2.24) is 24.3 Å². The normalized spacial score (nSPS) is 24.9. The van der Waals surface area contributed by atoms with Gasteiger partial charge in [0.25, 0.3) is 0 Å². The number of aromatic nitrogens is 3. The lowest BCUT2D eigenvalue weighted by Crippen LogP contribution is -2.43. The molecule has 202 valence electrons. The van der Waals surface area contributed by atoms with Crippen LogP contribution in [0, 0.1) is 0 Å². The van der Waals surface area contributed by atoms with E-state index < -0.39 is 5.60 Å². The van der Waals surface area contributed by atoms with Gasteiger partial charge in [0, 0.05) is 49.7 Å². The molecule has 2 aromatic heterocycles. The predicted octanol–water partition coefficient (Wildman–Crippen LogP) is 4.44. The Balaban J connectivity index is 1.11. The van der Waals surface area contributed by atoms with Crippen molar-refractivity contribution in [3.8, 4) is 11.6 Å². The summed E-state index contributed by atoms with van der Waals surface area (Å²) < 4.78 is 15.0. The summed E-state index contributed by atoms with van der Waals surface area (Å²) in [5.74, 6) is 0.630. The van der Waals surface area contributed by atoms with E-state index >= 15 is 0 Å². The summed E-state index contributed by atoms with van der Waals surface area (Å²) in [5.41, 5.74) is 0.265. The highest BCUT2D eigenvalue weighted by Crippen LogP contribution is 2.29. The first kappa shape index (κ1) is 25.8. The number of pyridine rings is 1. The van der Waals surface area contributed by atoms with Crippen LogP contribution in [-0.2, 0) is 4.74 Å². The highest BCUT2D eigenvalue weighted by atomic mass is 16.6. The van der Waals surface area contributed by atoms with Gasteiger partial charge in [-0.3, -0.25) is 9.13 Å². The van der Waals surface area contributed by atoms with Gasteiger partial charge in [-0.2, -0.15) is 0 Å². The fourth-order valence-corrected chi connectivity index (χ4v) is 5.87. The molecule has 3 aliphatic rings. The highest BCUT2D eigenvalue weighted by Gasteiger charge is 2.32. The second-order valence-corrected chi connectivity index (χ2v) is 11.8. The minimum absolute atomic E-state index is 0.0218. The van der Waals surface area contributed by atoms with Crippen LogP contribution < -0.4 is 15.7 Å². The second-order valence-electron chi connectivity index (χ2n) is 11.8. The molecule has 2 saturated carbocycles. The van der Waals surface area contributed by atoms with Crippen LogP contribution in [0.5, 0.6) is 5.88 Å². The van der Waals surface area contributed by atoms with Gasteiger partial charge in [-0.15, -0.1) is 0 Å². The number of hydrogen-bond donors (Lipinski definition) is 1. The minimum atomic E-state index is -0.471. The molecule has 0 aromatic carbocycles. The maximum absolute atomic E-state index is 13.2. The number of likely N-dealkylation sites (tertiary alicyclic amines) is 1. The number of carbonyl (C=O) groups is 1. The third kappa shape index (κ3) is 6.37. The fourth-order valence-electron chi connectivity index (χ4n) is 5.87. The lowest BCUT2D eigenvalue weighted by molar-refractivity contribution is 0.0290. The summed E-state index contributed by atoms with van der Waals surface area (Å²) in [6, 6.07) is 4.68. The highest BCUT2D eigenvalue weighted by molar-refractivity contribution is 5.68. The number of ether oxygens (including phenoxy) is 2. The van der Waals surface area contributed by atoms with Crippen molar-refractivity contribution in [2.24, 2.45) is 0 Å². The van der Waals surface area contributed by atoms with E-state index in [0.717, 1.165) is 57.2 Å². The molecule has 1 N–H and O–H groups in total. The van der Waals surface area contributed by atoms with Crippen LogP contribution in [0.1, 0.15) is 84.6 Å². The maximum Gasteiger partial charge on any atom is 0.410 e. The van der Waals surface area contributed by atoms with Crippen LogP contribution in [0.25, 0.3) is 5.69 Å². The molecule has 3 fully saturated rings. The van der Waals surface area contributed by atoms with Gasteiger partial charge < -0.3 is 19.7 Å². The maximum atomic E-state index is 13.2. The number of nitrogens with zero attached hydrogens (tertiary/aromatic N) is 4. The Kier molecular flexibility index (Phi) is 7.60. The summed E-state index contributed by atoms with van der Waals surface area (Å²) in [6.45, 7) is 7.11. The van der Waals surface area contributed by atoms with Gasteiger partial charge in [0.15, 0.2) is 0 Å². The molecule has 1 saturated heterocycles. The molecule has 3 heterocycles. The standard InChI is InChI=1S/C28H41N5O4/c1-28(2,3)37-27(35)31-15-14-21(19-31)30-20-8-10-22(11-9-20)32-16-17-33(26(32)34)23-12-13-25(29-18-23)36-24-6-4-5-7-24/h12-13,16-18,20-22,24,30H,4-11,14-15,19H2,1-3H3. The van der Waals surface area contributed by atoms with Crippen LogP contribution in [0.4, 0.5) is 4.79 Å². The quantitative estimate of drug-likeness (QED) is 0.617. The van der Waals surface area contributed by atoms with Gasteiger partial charge in [-0.05, 0) is 84.6 Å². The van der Waals surface area contributed by atoms with Crippen LogP contribution in [-0.4, -0.2) is 62.0 Å². The largest absolute Gasteiger partial charge is 0.474 e. The molecule has 0 spiro atoms. The summed E-state index contributed by atoms with van der Waals surface area (Å²) in [5, 5.41) is 3.75. The Bertz CT molecular complexity index is 1100. The summed E-state index contributed by atoms with van der Waals surface area (Å²) in [6.07, 6.45) is 15.0. The predicted molar refractivity (Wildman–Crippen MR) is 141 cm³/mol. The molecule has 37 heavy (non-hydrogen) atoms. The monoisotopic (exact) mass is 511 g/mol. The van der Waals surface area contributed by atoms with Gasteiger partial charge in [0.1, 0.15) is 11.7 Å². The zero-order chi connectivity index (χ0) is 26.0. The van der Waals surface area contributed by atoms with Gasteiger partial charge >= 0.3 is 11.8 Å². The van der Waals surface area contributed by atoms with Crippen molar-refractivity contribution in [2.75, 3.05) is 13.1 Å². The van der Waals surface area contributed by atoms with Crippen molar-refractivity contribution in [3.63, 3.8) is 0 Å². The Morgan fingerprint density at radius 3 is 2.43 bits per heavy atom.